The molecule has 1 amide bonds. The first-order chi connectivity index (χ1) is 13.3. The third kappa shape index (κ3) is 4.39. The highest BCUT2D eigenvalue weighted by Crippen LogP contribution is 2.32. The van der Waals surface area contributed by atoms with Crippen LogP contribution in [0.1, 0.15) is 42.1 Å². The van der Waals surface area contributed by atoms with E-state index in [1.807, 2.05) is 35.1 Å². The van der Waals surface area contributed by atoms with Gasteiger partial charge in [0, 0.05) is 24.2 Å². The second kappa shape index (κ2) is 8.36. The molecule has 0 aliphatic carbocycles. The van der Waals surface area contributed by atoms with Gasteiger partial charge in [0.1, 0.15) is 23.0 Å². The van der Waals surface area contributed by atoms with Crippen LogP contribution in [0.15, 0.2) is 48.5 Å². The number of benzene rings is 2. The highest BCUT2D eigenvalue weighted by Gasteiger charge is 2.36. The summed E-state index contributed by atoms with van der Waals surface area (Å²) in [4.78, 5) is 12.7. The van der Waals surface area contributed by atoms with E-state index in [-0.39, 0.29) is 11.5 Å². The van der Waals surface area contributed by atoms with Crippen molar-refractivity contribution in [1.29, 1.82) is 0 Å². The minimum Gasteiger partial charge on any atom is -0.368 e. The first-order valence-corrected chi connectivity index (χ1v) is 10.5. The van der Waals surface area contributed by atoms with E-state index in [9.17, 15) is 22.0 Å². The molecule has 28 heavy (non-hydrogen) atoms. The second-order valence-corrected chi connectivity index (χ2v) is 8.77. The number of ether oxygens (including phenoxy) is 1. The van der Waals surface area contributed by atoms with Crippen LogP contribution in [0.3, 0.4) is 0 Å². The van der Waals surface area contributed by atoms with E-state index in [1.165, 1.54) is 6.92 Å². The van der Waals surface area contributed by atoms with Crippen molar-refractivity contribution in [3.05, 3.63) is 71.3 Å². The van der Waals surface area contributed by atoms with Crippen molar-refractivity contribution in [3.8, 4) is 0 Å². The lowest BCUT2D eigenvalue weighted by Crippen LogP contribution is -2.45. The standard InChI is InChI=1S/C20H21F2NO4S/c1-13(16-10-9-15(21)12-18(16)22)28(25,26)23-20(24)19-17(8-5-11-27-19)14-6-3-2-4-7-14/h2-4,6-7,9-10,12-13,17,19H,5,8,11H2,1H3,(H,23,24)/t13?,17-,19-/m1/s1. The van der Waals surface area contributed by atoms with Gasteiger partial charge in [-0.2, -0.15) is 0 Å². The third-order valence-electron chi connectivity index (χ3n) is 4.92. The summed E-state index contributed by atoms with van der Waals surface area (Å²) in [5.41, 5.74) is 0.670. The normalized spacial score (nSPS) is 21.1. The molecule has 0 spiro atoms. The maximum absolute atomic E-state index is 14.0. The fraction of sp³-hybridized carbons (Fsp3) is 0.350. The number of carbonyl (C=O) groups excluding carboxylic acids is 1. The zero-order valence-electron chi connectivity index (χ0n) is 15.3. The summed E-state index contributed by atoms with van der Waals surface area (Å²) in [6.45, 7) is 1.59. The van der Waals surface area contributed by atoms with Gasteiger partial charge in [0.15, 0.2) is 0 Å². The van der Waals surface area contributed by atoms with Gasteiger partial charge in [0.25, 0.3) is 5.91 Å². The molecular formula is C20H21F2NO4S. The monoisotopic (exact) mass is 409 g/mol. The highest BCUT2D eigenvalue weighted by molar-refractivity contribution is 7.90. The van der Waals surface area contributed by atoms with Crippen molar-refractivity contribution >= 4 is 15.9 Å². The van der Waals surface area contributed by atoms with Crippen LogP contribution in [-0.2, 0) is 19.6 Å². The van der Waals surface area contributed by atoms with E-state index >= 15 is 0 Å². The van der Waals surface area contributed by atoms with Gasteiger partial charge in [0.05, 0.1) is 0 Å². The van der Waals surface area contributed by atoms with Crippen molar-refractivity contribution in [1.82, 2.24) is 4.72 Å². The second-order valence-electron chi connectivity index (χ2n) is 6.77. The van der Waals surface area contributed by atoms with Crippen LogP contribution in [0.25, 0.3) is 0 Å². The minimum absolute atomic E-state index is 0.217. The van der Waals surface area contributed by atoms with Crippen molar-refractivity contribution in [3.63, 3.8) is 0 Å². The van der Waals surface area contributed by atoms with Crippen molar-refractivity contribution < 1.29 is 26.7 Å². The van der Waals surface area contributed by atoms with Crippen LogP contribution in [-0.4, -0.2) is 27.0 Å². The largest absolute Gasteiger partial charge is 0.368 e. The Morgan fingerprint density at radius 3 is 2.57 bits per heavy atom. The molecule has 8 heteroatoms. The molecule has 3 rings (SSSR count). The molecule has 0 saturated carbocycles. The zero-order chi connectivity index (χ0) is 20.3. The van der Waals surface area contributed by atoms with Crippen LogP contribution in [0.2, 0.25) is 0 Å². The molecule has 5 nitrogen and oxygen atoms in total. The van der Waals surface area contributed by atoms with Gasteiger partial charge in [-0.3, -0.25) is 9.52 Å². The first kappa shape index (κ1) is 20.4. The Morgan fingerprint density at radius 1 is 1.18 bits per heavy atom. The lowest BCUT2D eigenvalue weighted by atomic mass is 9.87. The summed E-state index contributed by atoms with van der Waals surface area (Å²) in [6.07, 6.45) is 0.480. The van der Waals surface area contributed by atoms with Crippen LogP contribution in [0.5, 0.6) is 0 Å². The lowest BCUT2D eigenvalue weighted by Gasteiger charge is -2.31. The smallest absolute Gasteiger partial charge is 0.263 e. The van der Waals surface area contributed by atoms with E-state index in [4.69, 9.17) is 4.74 Å². The molecular weight excluding hydrogens is 388 g/mol. The van der Waals surface area contributed by atoms with E-state index in [1.54, 1.807) is 0 Å². The topological polar surface area (TPSA) is 72.5 Å². The maximum Gasteiger partial charge on any atom is 0.263 e. The van der Waals surface area contributed by atoms with E-state index in [2.05, 4.69) is 0 Å². The van der Waals surface area contributed by atoms with Gasteiger partial charge in [-0.05, 0) is 31.4 Å². The van der Waals surface area contributed by atoms with Gasteiger partial charge in [-0.25, -0.2) is 17.2 Å². The van der Waals surface area contributed by atoms with E-state index in [0.717, 1.165) is 24.1 Å². The summed E-state index contributed by atoms with van der Waals surface area (Å²) in [6, 6.07) is 11.9. The number of amides is 1. The predicted molar refractivity (Wildman–Crippen MR) is 100.0 cm³/mol. The molecule has 0 aromatic heterocycles. The van der Waals surface area contributed by atoms with Crippen LogP contribution in [0, 0.1) is 11.6 Å². The average Bonchev–Trinajstić information content (AvgIpc) is 2.68. The van der Waals surface area contributed by atoms with Crippen LogP contribution >= 0.6 is 0 Å². The number of rotatable bonds is 5. The number of hydrogen-bond acceptors (Lipinski definition) is 4. The fourth-order valence-corrected chi connectivity index (χ4v) is 4.47. The number of nitrogens with one attached hydrogen (secondary N) is 1. The molecule has 1 fully saturated rings. The molecule has 1 aliphatic heterocycles. The molecule has 1 unspecified atom stereocenters. The molecule has 1 saturated heterocycles. The molecule has 2 aromatic rings. The summed E-state index contributed by atoms with van der Waals surface area (Å²) >= 11 is 0. The van der Waals surface area contributed by atoms with Crippen LogP contribution < -0.4 is 4.72 Å². The molecule has 1 heterocycles. The molecule has 1 aliphatic rings. The molecule has 0 radical (unpaired) electrons. The predicted octanol–water partition coefficient (Wildman–Crippen LogP) is 3.43. The summed E-state index contributed by atoms with van der Waals surface area (Å²) < 4.78 is 59.9. The lowest BCUT2D eigenvalue weighted by molar-refractivity contribution is -0.135. The Labute approximate surface area is 162 Å². The highest BCUT2D eigenvalue weighted by atomic mass is 32.2. The van der Waals surface area contributed by atoms with Gasteiger partial charge >= 0.3 is 0 Å². The van der Waals surface area contributed by atoms with E-state index < -0.39 is 38.9 Å². The van der Waals surface area contributed by atoms with Gasteiger partial charge < -0.3 is 4.74 Å². The first-order valence-electron chi connectivity index (χ1n) is 8.96. The molecule has 150 valence electrons. The molecule has 2 aromatic carbocycles. The molecule has 0 bridgehead atoms. The van der Waals surface area contributed by atoms with Gasteiger partial charge in [-0.1, -0.05) is 36.4 Å². The van der Waals surface area contributed by atoms with Gasteiger partial charge in [0.2, 0.25) is 10.0 Å². The Balaban J connectivity index is 1.79. The van der Waals surface area contributed by atoms with Crippen molar-refractivity contribution in [2.45, 2.75) is 37.0 Å². The summed E-state index contributed by atoms with van der Waals surface area (Å²) in [7, 11) is -4.24. The maximum atomic E-state index is 14.0. The van der Waals surface area contributed by atoms with Gasteiger partial charge in [-0.15, -0.1) is 0 Å². The zero-order valence-corrected chi connectivity index (χ0v) is 16.1. The summed E-state index contributed by atoms with van der Waals surface area (Å²) in [5.74, 6) is -2.86. The number of carbonyl (C=O) groups is 1. The molecule has 1 N–H and O–H groups in total. The van der Waals surface area contributed by atoms with Crippen molar-refractivity contribution in [2.24, 2.45) is 0 Å². The third-order valence-corrected chi connectivity index (χ3v) is 6.59. The Hall–Kier alpha value is -2.32. The number of sulfonamides is 1. The Kier molecular flexibility index (Phi) is 6.10. The number of halogens is 2. The average molecular weight is 409 g/mol. The van der Waals surface area contributed by atoms with E-state index in [0.29, 0.717) is 19.1 Å². The van der Waals surface area contributed by atoms with Crippen LogP contribution in [0.4, 0.5) is 8.78 Å². The summed E-state index contributed by atoms with van der Waals surface area (Å²) in [5, 5.41) is -1.38. The quantitative estimate of drug-likeness (QED) is 0.821. The number of hydrogen-bond donors (Lipinski definition) is 1. The Bertz CT molecular complexity index is 950. The molecule has 3 atom stereocenters. The minimum atomic E-state index is -4.24. The Morgan fingerprint density at radius 2 is 1.89 bits per heavy atom. The fourth-order valence-electron chi connectivity index (χ4n) is 3.37. The SMILES string of the molecule is CC(c1ccc(F)cc1F)S(=O)(=O)NC(=O)[C@@H]1OCCC[C@@H]1c1ccccc1. The van der Waals surface area contributed by atoms with Crippen molar-refractivity contribution in [2.75, 3.05) is 6.61 Å².